The number of sulfonamides is 1. The SMILES string of the molecule is CCNCc1cn[nH]c1S(=O)(=O)N1CCC(CC)(CC)C1. The highest BCUT2D eigenvalue weighted by Crippen LogP contribution is 2.39. The van der Waals surface area contributed by atoms with Gasteiger partial charge in [0.15, 0.2) is 5.03 Å². The highest BCUT2D eigenvalue weighted by molar-refractivity contribution is 7.89. The zero-order valence-electron chi connectivity index (χ0n) is 13.1. The fourth-order valence-electron chi connectivity index (χ4n) is 2.96. The predicted molar refractivity (Wildman–Crippen MR) is 82.4 cm³/mol. The van der Waals surface area contributed by atoms with Crippen LogP contribution < -0.4 is 5.32 Å². The molecule has 0 amide bonds. The normalized spacial score (nSPS) is 19.2. The Morgan fingerprint density at radius 2 is 2.10 bits per heavy atom. The van der Waals surface area contributed by atoms with Crippen molar-refractivity contribution in [3.63, 3.8) is 0 Å². The third-order valence-corrected chi connectivity index (χ3v) is 6.61. The fraction of sp³-hybridized carbons (Fsp3) is 0.786. The van der Waals surface area contributed by atoms with E-state index in [1.54, 1.807) is 10.5 Å². The molecule has 0 radical (unpaired) electrons. The first-order chi connectivity index (χ1) is 9.99. The largest absolute Gasteiger partial charge is 0.313 e. The van der Waals surface area contributed by atoms with Crippen LogP contribution in [0.4, 0.5) is 0 Å². The Kier molecular flexibility index (Phi) is 5.06. The summed E-state index contributed by atoms with van der Waals surface area (Å²) in [6.07, 6.45) is 4.57. The lowest BCUT2D eigenvalue weighted by atomic mass is 9.82. The first-order valence-corrected chi connectivity index (χ1v) is 9.16. The van der Waals surface area contributed by atoms with E-state index in [0.29, 0.717) is 25.2 Å². The first kappa shape index (κ1) is 16.5. The molecule has 21 heavy (non-hydrogen) atoms. The van der Waals surface area contributed by atoms with Crippen LogP contribution in [0.5, 0.6) is 0 Å². The van der Waals surface area contributed by atoms with Gasteiger partial charge >= 0.3 is 0 Å². The molecule has 1 aromatic heterocycles. The second kappa shape index (κ2) is 6.46. The van der Waals surface area contributed by atoms with E-state index in [-0.39, 0.29) is 10.4 Å². The molecule has 1 aliphatic rings. The zero-order chi connectivity index (χ0) is 15.5. The van der Waals surface area contributed by atoms with Crippen LogP contribution in [0.15, 0.2) is 11.2 Å². The molecule has 0 unspecified atom stereocenters. The van der Waals surface area contributed by atoms with Crippen LogP contribution in [0.2, 0.25) is 0 Å². The summed E-state index contributed by atoms with van der Waals surface area (Å²) in [6, 6.07) is 0. The van der Waals surface area contributed by atoms with Gasteiger partial charge in [0.2, 0.25) is 0 Å². The quantitative estimate of drug-likeness (QED) is 0.803. The molecule has 1 aliphatic heterocycles. The van der Waals surface area contributed by atoms with Gasteiger partial charge in [0.05, 0.1) is 6.20 Å². The molecule has 1 fully saturated rings. The minimum atomic E-state index is -3.47. The number of aromatic amines is 1. The number of H-pyrrole nitrogens is 1. The lowest BCUT2D eigenvalue weighted by Gasteiger charge is -2.26. The molecule has 0 aliphatic carbocycles. The zero-order valence-corrected chi connectivity index (χ0v) is 14.0. The highest BCUT2D eigenvalue weighted by atomic mass is 32.2. The number of aromatic nitrogens is 2. The van der Waals surface area contributed by atoms with E-state index in [0.717, 1.165) is 25.8 Å². The summed E-state index contributed by atoms with van der Waals surface area (Å²) in [6.45, 7) is 8.81. The molecule has 2 heterocycles. The van der Waals surface area contributed by atoms with E-state index in [1.165, 1.54) is 0 Å². The molecule has 1 aromatic rings. The highest BCUT2D eigenvalue weighted by Gasteiger charge is 2.41. The molecule has 0 spiro atoms. The molecule has 1 saturated heterocycles. The monoisotopic (exact) mass is 314 g/mol. The van der Waals surface area contributed by atoms with Crippen molar-refractivity contribution >= 4 is 10.0 Å². The topological polar surface area (TPSA) is 78.1 Å². The third kappa shape index (κ3) is 3.14. The van der Waals surface area contributed by atoms with Crippen molar-refractivity contribution in [2.45, 2.75) is 51.6 Å². The Balaban J connectivity index is 2.22. The van der Waals surface area contributed by atoms with Gasteiger partial charge in [0, 0.05) is 25.2 Å². The van der Waals surface area contributed by atoms with Gasteiger partial charge in [0.25, 0.3) is 10.0 Å². The van der Waals surface area contributed by atoms with E-state index in [2.05, 4.69) is 29.4 Å². The summed E-state index contributed by atoms with van der Waals surface area (Å²) in [5, 5.41) is 9.99. The molecule has 0 bridgehead atoms. The van der Waals surface area contributed by atoms with Gasteiger partial charge < -0.3 is 5.32 Å². The molecule has 6 nitrogen and oxygen atoms in total. The van der Waals surface area contributed by atoms with Crippen LogP contribution in [0.25, 0.3) is 0 Å². The van der Waals surface area contributed by atoms with Crippen molar-refractivity contribution in [2.75, 3.05) is 19.6 Å². The summed E-state index contributed by atoms with van der Waals surface area (Å²) in [4.78, 5) is 0. The fourth-order valence-corrected chi connectivity index (χ4v) is 4.62. The van der Waals surface area contributed by atoms with E-state index in [1.807, 2.05) is 6.92 Å². The Morgan fingerprint density at radius 3 is 2.67 bits per heavy atom. The summed E-state index contributed by atoms with van der Waals surface area (Å²) in [5.74, 6) is 0. The standard InChI is InChI=1S/C14H26N4O2S/c1-4-14(5-2)7-8-18(11-14)21(19,20)13-12(9-15-6-3)10-16-17-13/h10,15H,4-9,11H2,1-3H3,(H,16,17). The van der Waals surface area contributed by atoms with Gasteiger partial charge in [0.1, 0.15) is 0 Å². The molecular formula is C14H26N4O2S. The van der Waals surface area contributed by atoms with Crippen molar-refractivity contribution in [1.82, 2.24) is 19.8 Å². The van der Waals surface area contributed by atoms with Crippen molar-refractivity contribution in [2.24, 2.45) is 5.41 Å². The van der Waals surface area contributed by atoms with Gasteiger partial charge in [-0.2, -0.15) is 9.40 Å². The predicted octanol–water partition coefficient (Wildman–Crippen LogP) is 1.72. The van der Waals surface area contributed by atoms with Crippen molar-refractivity contribution in [3.05, 3.63) is 11.8 Å². The number of rotatable bonds is 7. The smallest absolute Gasteiger partial charge is 0.260 e. The van der Waals surface area contributed by atoms with E-state index < -0.39 is 10.0 Å². The van der Waals surface area contributed by atoms with Gasteiger partial charge in [-0.05, 0) is 31.2 Å². The summed E-state index contributed by atoms with van der Waals surface area (Å²) >= 11 is 0. The van der Waals surface area contributed by atoms with Crippen molar-refractivity contribution in [1.29, 1.82) is 0 Å². The maximum absolute atomic E-state index is 12.8. The van der Waals surface area contributed by atoms with Gasteiger partial charge in [-0.25, -0.2) is 8.42 Å². The van der Waals surface area contributed by atoms with Gasteiger partial charge in [-0.15, -0.1) is 0 Å². The van der Waals surface area contributed by atoms with Crippen molar-refractivity contribution in [3.8, 4) is 0 Å². The maximum atomic E-state index is 12.8. The van der Waals surface area contributed by atoms with Gasteiger partial charge in [-0.1, -0.05) is 20.8 Å². The Bertz CT molecular complexity index is 563. The lowest BCUT2D eigenvalue weighted by molar-refractivity contribution is 0.279. The second-order valence-corrected chi connectivity index (χ2v) is 7.68. The van der Waals surface area contributed by atoms with Crippen molar-refractivity contribution < 1.29 is 8.42 Å². The average molecular weight is 314 g/mol. The van der Waals surface area contributed by atoms with Crippen LogP contribution in [-0.4, -0.2) is 42.6 Å². The van der Waals surface area contributed by atoms with E-state index in [9.17, 15) is 8.42 Å². The molecule has 0 saturated carbocycles. The maximum Gasteiger partial charge on any atom is 0.260 e. The Hall–Kier alpha value is -0.920. The average Bonchev–Trinajstić information content (AvgIpc) is 3.12. The molecule has 0 atom stereocenters. The summed E-state index contributed by atoms with van der Waals surface area (Å²) in [7, 11) is -3.47. The van der Waals surface area contributed by atoms with Crippen LogP contribution in [0, 0.1) is 5.41 Å². The van der Waals surface area contributed by atoms with Gasteiger partial charge in [-0.3, -0.25) is 5.10 Å². The second-order valence-electron chi connectivity index (χ2n) is 5.80. The minimum Gasteiger partial charge on any atom is -0.313 e. The Labute approximate surface area is 127 Å². The summed E-state index contributed by atoms with van der Waals surface area (Å²) < 4.78 is 27.3. The number of hydrogen-bond donors (Lipinski definition) is 2. The van der Waals surface area contributed by atoms with Crippen LogP contribution in [0.3, 0.4) is 0 Å². The molecule has 7 heteroatoms. The number of nitrogens with one attached hydrogen (secondary N) is 2. The first-order valence-electron chi connectivity index (χ1n) is 7.72. The molecule has 2 rings (SSSR count). The minimum absolute atomic E-state index is 0.134. The van der Waals surface area contributed by atoms with Crippen LogP contribution in [-0.2, 0) is 16.6 Å². The lowest BCUT2D eigenvalue weighted by Crippen LogP contribution is -2.33. The van der Waals surface area contributed by atoms with E-state index >= 15 is 0 Å². The summed E-state index contributed by atoms with van der Waals surface area (Å²) in [5.41, 5.74) is 0.844. The number of hydrogen-bond acceptors (Lipinski definition) is 4. The third-order valence-electron chi connectivity index (χ3n) is 4.74. The molecule has 2 N–H and O–H groups in total. The van der Waals surface area contributed by atoms with Crippen LogP contribution in [0.1, 0.15) is 45.6 Å². The number of nitrogens with zero attached hydrogens (tertiary/aromatic N) is 2. The molecule has 120 valence electrons. The molecule has 0 aromatic carbocycles. The molecular weight excluding hydrogens is 288 g/mol. The van der Waals surface area contributed by atoms with Crippen LogP contribution >= 0.6 is 0 Å². The Morgan fingerprint density at radius 1 is 1.38 bits per heavy atom. The van der Waals surface area contributed by atoms with E-state index in [4.69, 9.17) is 0 Å².